The van der Waals surface area contributed by atoms with Crippen LogP contribution in [0.4, 0.5) is 0 Å². The fourth-order valence-electron chi connectivity index (χ4n) is 0.839. The third-order valence-electron chi connectivity index (χ3n) is 1.68. The molecule has 0 heterocycles. The van der Waals surface area contributed by atoms with E-state index in [-0.39, 0.29) is 5.54 Å². The van der Waals surface area contributed by atoms with Crippen LogP contribution in [0.15, 0.2) is 4.99 Å². The standard InChI is InChI=1S/C9H21N3/c1-6-7(2)8(12-10)11-9(3,4)5/h7H,6,10H2,1-5H3,(H,11,12). The number of nitrogens with two attached hydrogens (primary N) is 1. The Bertz CT molecular complexity index is 156. The number of aliphatic imine (C=N–C) groups is 1. The Morgan fingerprint density at radius 1 is 1.50 bits per heavy atom. The van der Waals surface area contributed by atoms with Gasteiger partial charge in [-0.25, -0.2) is 5.84 Å². The Balaban J connectivity index is 4.43. The van der Waals surface area contributed by atoms with Gasteiger partial charge in [0.15, 0.2) is 0 Å². The highest BCUT2D eigenvalue weighted by Gasteiger charge is 2.12. The van der Waals surface area contributed by atoms with E-state index < -0.39 is 0 Å². The summed E-state index contributed by atoms with van der Waals surface area (Å²) in [4.78, 5) is 4.48. The molecule has 0 rings (SSSR count). The van der Waals surface area contributed by atoms with Crippen LogP contribution in [-0.4, -0.2) is 11.4 Å². The van der Waals surface area contributed by atoms with Crippen molar-refractivity contribution in [1.29, 1.82) is 0 Å². The van der Waals surface area contributed by atoms with Gasteiger partial charge < -0.3 is 5.43 Å². The molecule has 3 heteroatoms. The monoisotopic (exact) mass is 171 g/mol. The normalized spacial score (nSPS) is 16.0. The SMILES string of the molecule is CCC(C)C(=NC(C)(C)C)NN. The summed E-state index contributed by atoms with van der Waals surface area (Å²) in [6.45, 7) is 10.4. The van der Waals surface area contributed by atoms with Gasteiger partial charge in [-0.2, -0.15) is 0 Å². The molecule has 1 atom stereocenters. The van der Waals surface area contributed by atoms with Gasteiger partial charge >= 0.3 is 0 Å². The maximum atomic E-state index is 5.38. The fourth-order valence-corrected chi connectivity index (χ4v) is 0.839. The van der Waals surface area contributed by atoms with E-state index in [4.69, 9.17) is 5.84 Å². The third-order valence-corrected chi connectivity index (χ3v) is 1.68. The van der Waals surface area contributed by atoms with Crippen LogP contribution in [-0.2, 0) is 0 Å². The van der Waals surface area contributed by atoms with Crippen molar-refractivity contribution in [3.63, 3.8) is 0 Å². The van der Waals surface area contributed by atoms with Crippen molar-refractivity contribution in [2.45, 2.75) is 46.6 Å². The molecule has 12 heavy (non-hydrogen) atoms. The summed E-state index contributed by atoms with van der Waals surface area (Å²) in [6.07, 6.45) is 1.05. The van der Waals surface area contributed by atoms with E-state index in [0.717, 1.165) is 12.3 Å². The summed E-state index contributed by atoms with van der Waals surface area (Å²) in [6, 6.07) is 0. The zero-order valence-corrected chi connectivity index (χ0v) is 8.81. The molecule has 0 amide bonds. The van der Waals surface area contributed by atoms with Gasteiger partial charge in [0.1, 0.15) is 5.84 Å². The molecular formula is C9H21N3. The molecule has 0 bridgehead atoms. The van der Waals surface area contributed by atoms with Gasteiger partial charge in [0.25, 0.3) is 0 Å². The second-order valence-electron chi connectivity index (χ2n) is 4.12. The predicted octanol–water partition coefficient (Wildman–Crippen LogP) is 1.69. The number of hydrogen-bond donors (Lipinski definition) is 2. The molecule has 0 aliphatic heterocycles. The lowest BCUT2D eigenvalue weighted by atomic mass is 10.1. The number of nitrogens with zero attached hydrogens (tertiary/aromatic N) is 1. The largest absolute Gasteiger partial charge is 0.312 e. The van der Waals surface area contributed by atoms with E-state index in [9.17, 15) is 0 Å². The quantitative estimate of drug-likeness (QED) is 0.287. The maximum Gasteiger partial charge on any atom is 0.114 e. The maximum absolute atomic E-state index is 5.38. The van der Waals surface area contributed by atoms with E-state index in [0.29, 0.717) is 5.92 Å². The van der Waals surface area contributed by atoms with Crippen LogP contribution in [0.2, 0.25) is 0 Å². The molecule has 3 N–H and O–H groups in total. The molecule has 0 aromatic rings. The summed E-state index contributed by atoms with van der Waals surface area (Å²) in [5.41, 5.74) is 2.61. The molecule has 0 aliphatic rings. The first kappa shape index (κ1) is 11.4. The molecule has 1 unspecified atom stereocenters. The van der Waals surface area contributed by atoms with Crippen LogP contribution < -0.4 is 11.3 Å². The van der Waals surface area contributed by atoms with E-state index in [1.165, 1.54) is 0 Å². The highest BCUT2D eigenvalue weighted by atomic mass is 15.3. The van der Waals surface area contributed by atoms with Gasteiger partial charge in [-0.15, -0.1) is 0 Å². The van der Waals surface area contributed by atoms with Gasteiger partial charge in [-0.1, -0.05) is 13.8 Å². The van der Waals surface area contributed by atoms with Crippen LogP contribution in [0.3, 0.4) is 0 Å². The summed E-state index contributed by atoms with van der Waals surface area (Å²) in [5.74, 6) is 6.68. The predicted molar refractivity (Wildman–Crippen MR) is 54.0 cm³/mol. The first-order chi connectivity index (χ1) is 5.40. The molecule has 0 aromatic carbocycles. The lowest BCUT2D eigenvalue weighted by molar-refractivity contribution is 0.564. The van der Waals surface area contributed by atoms with Crippen molar-refractivity contribution in [1.82, 2.24) is 5.43 Å². The Kier molecular flexibility index (Phi) is 4.24. The average molecular weight is 171 g/mol. The van der Waals surface area contributed by atoms with Gasteiger partial charge in [0, 0.05) is 5.92 Å². The molecule has 0 spiro atoms. The number of hydrogen-bond acceptors (Lipinski definition) is 2. The van der Waals surface area contributed by atoms with Crippen molar-refractivity contribution in [2.75, 3.05) is 0 Å². The van der Waals surface area contributed by atoms with Gasteiger partial charge in [-0.3, -0.25) is 4.99 Å². The van der Waals surface area contributed by atoms with Gasteiger partial charge in [0.2, 0.25) is 0 Å². The van der Waals surface area contributed by atoms with Crippen molar-refractivity contribution in [3.8, 4) is 0 Å². The average Bonchev–Trinajstić information content (AvgIpc) is 1.97. The number of hydrazine groups is 1. The van der Waals surface area contributed by atoms with E-state index in [1.807, 2.05) is 0 Å². The summed E-state index contributed by atoms with van der Waals surface area (Å²) in [7, 11) is 0. The molecular weight excluding hydrogens is 150 g/mol. The first-order valence-corrected chi connectivity index (χ1v) is 4.47. The van der Waals surface area contributed by atoms with Crippen LogP contribution >= 0.6 is 0 Å². The number of amidine groups is 1. The minimum atomic E-state index is -0.0505. The minimum absolute atomic E-state index is 0.0505. The van der Waals surface area contributed by atoms with Crippen molar-refractivity contribution in [2.24, 2.45) is 16.8 Å². The molecule has 3 nitrogen and oxygen atoms in total. The van der Waals surface area contributed by atoms with Gasteiger partial charge in [-0.05, 0) is 27.2 Å². The Morgan fingerprint density at radius 3 is 2.25 bits per heavy atom. The second kappa shape index (κ2) is 4.45. The smallest absolute Gasteiger partial charge is 0.114 e. The molecule has 0 aromatic heterocycles. The van der Waals surface area contributed by atoms with Gasteiger partial charge in [0.05, 0.1) is 5.54 Å². The zero-order chi connectivity index (χ0) is 9.78. The molecule has 72 valence electrons. The Morgan fingerprint density at radius 2 is 2.00 bits per heavy atom. The third kappa shape index (κ3) is 4.34. The topological polar surface area (TPSA) is 50.4 Å². The molecule has 0 fully saturated rings. The summed E-state index contributed by atoms with van der Waals surface area (Å²) >= 11 is 0. The lowest BCUT2D eigenvalue weighted by Gasteiger charge is -2.18. The van der Waals surface area contributed by atoms with Crippen molar-refractivity contribution >= 4 is 5.84 Å². The van der Waals surface area contributed by atoms with E-state index >= 15 is 0 Å². The molecule has 0 saturated carbocycles. The Labute approximate surface area is 75.4 Å². The van der Waals surface area contributed by atoms with E-state index in [2.05, 4.69) is 45.0 Å². The summed E-state index contributed by atoms with van der Waals surface area (Å²) in [5, 5.41) is 0. The first-order valence-electron chi connectivity index (χ1n) is 4.47. The fraction of sp³-hybridized carbons (Fsp3) is 0.889. The minimum Gasteiger partial charge on any atom is -0.312 e. The van der Waals surface area contributed by atoms with Crippen LogP contribution in [0.1, 0.15) is 41.0 Å². The van der Waals surface area contributed by atoms with Crippen LogP contribution in [0, 0.1) is 5.92 Å². The molecule has 0 aliphatic carbocycles. The molecule has 0 radical (unpaired) electrons. The summed E-state index contributed by atoms with van der Waals surface area (Å²) < 4.78 is 0. The molecule has 0 saturated heterocycles. The highest BCUT2D eigenvalue weighted by Crippen LogP contribution is 2.10. The zero-order valence-electron chi connectivity index (χ0n) is 8.81. The van der Waals surface area contributed by atoms with E-state index in [1.54, 1.807) is 0 Å². The van der Waals surface area contributed by atoms with Crippen molar-refractivity contribution in [3.05, 3.63) is 0 Å². The van der Waals surface area contributed by atoms with Crippen molar-refractivity contribution < 1.29 is 0 Å². The number of rotatable bonds is 2. The lowest BCUT2D eigenvalue weighted by Crippen LogP contribution is -2.37. The highest BCUT2D eigenvalue weighted by molar-refractivity contribution is 5.84. The van der Waals surface area contributed by atoms with Crippen LogP contribution in [0.25, 0.3) is 0 Å². The van der Waals surface area contributed by atoms with Crippen LogP contribution in [0.5, 0.6) is 0 Å². The number of nitrogens with one attached hydrogen (secondary N) is 1. The Hall–Kier alpha value is -0.570. The second-order valence-corrected chi connectivity index (χ2v) is 4.12.